The second-order valence-electron chi connectivity index (χ2n) is 2.85. The molecule has 0 radical (unpaired) electrons. The van der Waals surface area contributed by atoms with Crippen molar-refractivity contribution in [2.45, 2.75) is 9.95 Å². The number of hydrogen-bond acceptors (Lipinski definition) is 4. The molecule has 0 saturated heterocycles. The summed E-state index contributed by atoms with van der Waals surface area (Å²) in [6, 6.07) is 7.39. The normalized spacial score (nSPS) is 24.1. The Bertz CT molecular complexity index is 355. The third-order valence-corrected chi connectivity index (χ3v) is 3.32. The molecule has 0 amide bonds. The van der Waals surface area contributed by atoms with Crippen LogP contribution in [0.4, 0.5) is 5.69 Å². The maximum atomic E-state index is 11.0. The van der Waals surface area contributed by atoms with E-state index in [1.54, 1.807) is 0 Å². The van der Waals surface area contributed by atoms with Crippen molar-refractivity contribution in [3.05, 3.63) is 24.3 Å². The maximum absolute atomic E-state index is 11.0. The van der Waals surface area contributed by atoms with Gasteiger partial charge in [0.25, 0.3) is 5.06 Å². The zero-order valence-electron chi connectivity index (χ0n) is 7.48. The number of anilines is 1. The van der Waals surface area contributed by atoms with Crippen molar-refractivity contribution < 1.29 is 14.6 Å². The van der Waals surface area contributed by atoms with E-state index in [4.69, 9.17) is 9.84 Å². The maximum Gasteiger partial charge on any atom is 0.369 e. The Labute approximate surface area is 85.3 Å². The fourth-order valence-electron chi connectivity index (χ4n) is 1.29. The first-order chi connectivity index (χ1) is 6.68. The molecule has 1 aromatic carbocycles. The first-order valence-corrected chi connectivity index (χ1v) is 4.84. The van der Waals surface area contributed by atoms with Gasteiger partial charge in [-0.2, -0.15) is 0 Å². The number of nitrogens with one attached hydrogen (secondary N) is 1. The van der Waals surface area contributed by atoms with Crippen LogP contribution in [0.5, 0.6) is 0 Å². The van der Waals surface area contributed by atoms with Crippen LogP contribution in [-0.4, -0.2) is 23.2 Å². The molecule has 0 aliphatic carbocycles. The van der Waals surface area contributed by atoms with Gasteiger partial charge in [0.2, 0.25) is 0 Å². The average molecular weight is 211 g/mol. The van der Waals surface area contributed by atoms with Crippen LogP contribution in [0.3, 0.4) is 0 Å². The van der Waals surface area contributed by atoms with Gasteiger partial charge in [-0.15, -0.1) is 0 Å². The summed E-state index contributed by atoms with van der Waals surface area (Å²) < 4.78 is 5.00. The molecule has 1 aliphatic rings. The number of benzene rings is 1. The second-order valence-corrected chi connectivity index (χ2v) is 4.07. The van der Waals surface area contributed by atoms with Crippen LogP contribution in [0.2, 0.25) is 0 Å². The summed E-state index contributed by atoms with van der Waals surface area (Å²) in [5.74, 6) is -1.03. The average Bonchev–Trinajstić information content (AvgIpc) is 2.57. The van der Waals surface area contributed by atoms with Gasteiger partial charge in [-0.05, 0) is 12.1 Å². The van der Waals surface area contributed by atoms with Crippen molar-refractivity contribution in [1.82, 2.24) is 0 Å². The van der Waals surface area contributed by atoms with Crippen LogP contribution < -0.4 is 5.32 Å². The summed E-state index contributed by atoms with van der Waals surface area (Å²) in [4.78, 5) is 11.9. The Morgan fingerprint density at radius 1 is 1.57 bits per heavy atom. The van der Waals surface area contributed by atoms with Gasteiger partial charge in [-0.25, -0.2) is 4.79 Å². The number of carboxylic acid groups (broad SMARTS) is 1. The van der Waals surface area contributed by atoms with Gasteiger partial charge >= 0.3 is 5.97 Å². The smallest absolute Gasteiger partial charge is 0.369 e. The van der Waals surface area contributed by atoms with Crippen molar-refractivity contribution in [2.24, 2.45) is 0 Å². The summed E-state index contributed by atoms with van der Waals surface area (Å²) in [5, 5.41) is 10.5. The largest absolute Gasteiger partial charge is 0.477 e. The van der Waals surface area contributed by atoms with E-state index in [1.165, 1.54) is 7.11 Å². The van der Waals surface area contributed by atoms with E-state index in [9.17, 15) is 4.79 Å². The molecule has 5 heteroatoms. The van der Waals surface area contributed by atoms with Crippen LogP contribution in [0, 0.1) is 0 Å². The van der Waals surface area contributed by atoms with Crippen molar-refractivity contribution in [3.63, 3.8) is 0 Å². The van der Waals surface area contributed by atoms with Gasteiger partial charge in [0.15, 0.2) is 0 Å². The molecule has 0 bridgehead atoms. The lowest BCUT2D eigenvalue weighted by Crippen LogP contribution is -2.42. The highest BCUT2D eigenvalue weighted by molar-refractivity contribution is 8.01. The number of carbonyl (C=O) groups is 1. The standard InChI is InChI=1S/C9H9NO3S/c1-13-9(8(11)12)10-6-4-2-3-5-7(6)14-9/h2-5,10H,1H3,(H,11,12). The monoisotopic (exact) mass is 211 g/mol. The Morgan fingerprint density at radius 3 is 2.86 bits per heavy atom. The van der Waals surface area contributed by atoms with E-state index in [1.807, 2.05) is 24.3 Å². The molecule has 0 spiro atoms. The molecular weight excluding hydrogens is 202 g/mol. The van der Waals surface area contributed by atoms with Crippen molar-refractivity contribution in [2.75, 3.05) is 12.4 Å². The van der Waals surface area contributed by atoms with Gasteiger partial charge < -0.3 is 15.2 Å². The first kappa shape index (κ1) is 9.36. The molecule has 2 rings (SSSR count). The molecule has 1 unspecified atom stereocenters. The second kappa shape index (κ2) is 3.18. The lowest BCUT2D eigenvalue weighted by atomic mass is 10.3. The lowest BCUT2D eigenvalue weighted by Gasteiger charge is -2.21. The Hall–Kier alpha value is -1.20. The minimum Gasteiger partial charge on any atom is -0.477 e. The van der Waals surface area contributed by atoms with Gasteiger partial charge in [0.1, 0.15) is 0 Å². The number of methoxy groups -OCH3 is 1. The number of rotatable bonds is 2. The topological polar surface area (TPSA) is 58.6 Å². The van der Waals surface area contributed by atoms with Crippen molar-refractivity contribution >= 4 is 23.4 Å². The number of para-hydroxylation sites is 1. The van der Waals surface area contributed by atoms with Gasteiger partial charge in [0.05, 0.1) is 5.69 Å². The fraction of sp³-hybridized carbons (Fsp3) is 0.222. The summed E-state index contributed by atoms with van der Waals surface area (Å²) in [5.41, 5.74) is 0.793. The van der Waals surface area contributed by atoms with E-state index < -0.39 is 11.0 Å². The molecule has 74 valence electrons. The molecule has 14 heavy (non-hydrogen) atoms. The zero-order valence-corrected chi connectivity index (χ0v) is 8.30. The Kier molecular flexibility index (Phi) is 2.13. The summed E-state index contributed by atoms with van der Waals surface area (Å²) in [6.45, 7) is 0. The number of ether oxygens (including phenoxy) is 1. The zero-order chi connectivity index (χ0) is 10.2. The van der Waals surface area contributed by atoms with E-state index >= 15 is 0 Å². The van der Waals surface area contributed by atoms with Gasteiger partial charge in [-0.1, -0.05) is 23.9 Å². The minimum absolute atomic E-state index is 0.793. The summed E-state index contributed by atoms with van der Waals surface area (Å²) in [7, 11) is 1.38. The number of carboxylic acids is 1. The fourth-order valence-corrected chi connectivity index (χ4v) is 2.31. The molecule has 4 nitrogen and oxygen atoms in total. The van der Waals surface area contributed by atoms with Crippen LogP contribution in [0.15, 0.2) is 29.2 Å². The number of fused-ring (bicyclic) bond motifs is 1. The molecule has 1 atom stereocenters. The first-order valence-electron chi connectivity index (χ1n) is 4.03. The number of thioether (sulfide) groups is 1. The number of hydrogen-bond donors (Lipinski definition) is 2. The van der Waals surface area contributed by atoms with Crippen LogP contribution >= 0.6 is 11.8 Å². The van der Waals surface area contributed by atoms with Crippen LogP contribution in [0.25, 0.3) is 0 Å². The molecule has 1 aromatic rings. The molecule has 0 fully saturated rings. The van der Waals surface area contributed by atoms with Gasteiger partial charge in [-0.3, -0.25) is 0 Å². The molecule has 0 aromatic heterocycles. The Balaban J connectivity index is 2.37. The van der Waals surface area contributed by atoms with E-state index in [0.717, 1.165) is 22.3 Å². The number of aliphatic carboxylic acids is 1. The highest BCUT2D eigenvalue weighted by Crippen LogP contribution is 2.45. The third kappa shape index (κ3) is 1.25. The van der Waals surface area contributed by atoms with Crippen molar-refractivity contribution in [1.29, 1.82) is 0 Å². The predicted molar refractivity (Wildman–Crippen MR) is 53.3 cm³/mol. The molecule has 1 heterocycles. The van der Waals surface area contributed by atoms with Crippen LogP contribution in [-0.2, 0) is 9.53 Å². The van der Waals surface area contributed by atoms with E-state index in [2.05, 4.69) is 5.32 Å². The van der Waals surface area contributed by atoms with Crippen LogP contribution in [0.1, 0.15) is 0 Å². The summed E-state index contributed by atoms with van der Waals surface area (Å²) >= 11 is 1.16. The van der Waals surface area contributed by atoms with E-state index in [0.29, 0.717) is 0 Å². The van der Waals surface area contributed by atoms with E-state index in [-0.39, 0.29) is 0 Å². The van der Waals surface area contributed by atoms with Gasteiger partial charge in [0, 0.05) is 12.0 Å². The lowest BCUT2D eigenvalue weighted by molar-refractivity contribution is -0.149. The SMILES string of the molecule is COC1(C(=O)O)Nc2ccccc2S1. The third-order valence-electron chi connectivity index (χ3n) is 2.01. The Morgan fingerprint density at radius 2 is 2.29 bits per heavy atom. The van der Waals surface area contributed by atoms with Crippen molar-refractivity contribution in [3.8, 4) is 0 Å². The quantitative estimate of drug-likeness (QED) is 0.778. The molecular formula is C9H9NO3S. The molecule has 2 N–H and O–H groups in total. The summed E-state index contributed by atoms with van der Waals surface area (Å²) in [6.07, 6.45) is 0. The minimum atomic E-state index is -1.37. The molecule has 1 aliphatic heterocycles. The highest BCUT2D eigenvalue weighted by Gasteiger charge is 2.45. The highest BCUT2D eigenvalue weighted by atomic mass is 32.2. The predicted octanol–water partition coefficient (Wildman–Crippen LogP) is 1.59. The molecule has 0 saturated carbocycles.